The lowest BCUT2D eigenvalue weighted by Gasteiger charge is -2.24. The summed E-state index contributed by atoms with van der Waals surface area (Å²) in [5, 5.41) is 3.09. The third kappa shape index (κ3) is 3.84. The Bertz CT molecular complexity index is 1150. The summed E-state index contributed by atoms with van der Waals surface area (Å²) in [5.41, 5.74) is 14.2. The average Bonchev–Trinajstić information content (AvgIpc) is 2.73. The molecule has 0 spiro atoms. The summed E-state index contributed by atoms with van der Waals surface area (Å²) < 4.78 is 39.4. The molecule has 0 aliphatic carbocycles. The molecule has 8 heteroatoms. The van der Waals surface area contributed by atoms with E-state index < -0.39 is 17.9 Å². The molecule has 0 radical (unpaired) electrons. The van der Waals surface area contributed by atoms with E-state index in [1.54, 1.807) is 30.3 Å². The topological polar surface area (TPSA) is 88.8 Å². The van der Waals surface area contributed by atoms with Crippen LogP contribution in [0.2, 0.25) is 0 Å². The Morgan fingerprint density at radius 2 is 1.70 bits per heavy atom. The van der Waals surface area contributed by atoms with Gasteiger partial charge in [0, 0.05) is 28.1 Å². The van der Waals surface area contributed by atoms with Gasteiger partial charge in [-0.15, -0.1) is 0 Å². The van der Waals surface area contributed by atoms with Crippen molar-refractivity contribution in [3.05, 3.63) is 95.1 Å². The number of benzene rings is 3. The smallest absolute Gasteiger partial charge is 0.398 e. The molecule has 3 aromatic carbocycles. The van der Waals surface area contributed by atoms with Crippen LogP contribution >= 0.6 is 0 Å². The molecule has 0 fully saturated rings. The van der Waals surface area contributed by atoms with Gasteiger partial charge in [-0.05, 0) is 30.3 Å². The predicted molar refractivity (Wildman–Crippen MR) is 112 cm³/mol. The number of para-hydroxylation sites is 2. The number of hydrogen-bond acceptors (Lipinski definition) is 4. The number of fused-ring (bicyclic) bond motifs is 1. The first-order chi connectivity index (χ1) is 14.3. The van der Waals surface area contributed by atoms with Gasteiger partial charge >= 0.3 is 6.18 Å². The molecule has 5 N–H and O–H groups in total. The maximum atomic E-state index is 13.1. The number of amidine groups is 2. The number of nitrogens with two attached hydrogens (primary N) is 2. The summed E-state index contributed by atoms with van der Waals surface area (Å²) in [7, 11) is 0. The second-order valence-electron chi connectivity index (χ2n) is 6.74. The summed E-state index contributed by atoms with van der Waals surface area (Å²) in [5.74, 6) is 0.476. The molecule has 0 saturated heterocycles. The molecular formula is C22H18F3N5. The van der Waals surface area contributed by atoms with Crippen LogP contribution in [0.3, 0.4) is 0 Å². The van der Waals surface area contributed by atoms with Crippen molar-refractivity contribution < 1.29 is 13.2 Å². The molecule has 152 valence electrons. The molecule has 1 unspecified atom stereocenters. The fraction of sp³-hybridized carbons (Fsp3) is 0.0909. The minimum atomic E-state index is -4.45. The van der Waals surface area contributed by atoms with Gasteiger partial charge in [-0.3, -0.25) is 0 Å². The molecule has 5 nitrogen and oxygen atoms in total. The Labute approximate surface area is 171 Å². The molecule has 0 aromatic heterocycles. The van der Waals surface area contributed by atoms with Crippen LogP contribution in [0.4, 0.5) is 24.5 Å². The second kappa shape index (κ2) is 7.55. The molecule has 30 heavy (non-hydrogen) atoms. The zero-order chi connectivity index (χ0) is 21.3. The molecule has 0 amide bonds. The Hall–Kier alpha value is -3.81. The summed E-state index contributed by atoms with van der Waals surface area (Å²) in [6.07, 6.45) is -5.18. The highest BCUT2D eigenvalue weighted by Crippen LogP contribution is 2.34. The van der Waals surface area contributed by atoms with Gasteiger partial charge in [0.25, 0.3) is 0 Å². The number of nitrogens with one attached hydrogen (secondary N) is 1. The molecule has 1 aliphatic heterocycles. The lowest BCUT2D eigenvalue weighted by atomic mass is 10.0. The number of anilines is 2. The van der Waals surface area contributed by atoms with Crippen LogP contribution in [-0.4, -0.2) is 11.7 Å². The molecule has 1 atom stereocenters. The summed E-state index contributed by atoms with van der Waals surface area (Å²) in [4.78, 5) is 9.06. The summed E-state index contributed by atoms with van der Waals surface area (Å²) in [6, 6.07) is 19.3. The van der Waals surface area contributed by atoms with Gasteiger partial charge in [0.2, 0.25) is 0 Å². The maximum absolute atomic E-state index is 13.1. The van der Waals surface area contributed by atoms with Gasteiger partial charge in [-0.25, -0.2) is 9.98 Å². The van der Waals surface area contributed by atoms with Crippen molar-refractivity contribution in [3.63, 3.8) is 0 Å². The molecule has 1 aliphatic rings. The highest BCUT2D eigenvalue weighted by molar-refractivity contribution is 6.10. The lowest BCUT2D eigenvalue weighted by Crippen LogP contribution is -2.23. The van der Waals surface area contributed by atoms with Gasteiger partial charge in [0.05, 0.1) is 5.56 Å². The fourth-order valence-corrected chi connectivity index (χ4v) is 3.21. The van der Waals surface area contributed by atoms with E-state index in [9.17, 15) is 13.2 Å². The van der Waals surface area contributed by atoms with Gasteiger partial charge < -0.3 is 16.8 Å². The van der Waals surface area contributed by atoms with E-state index in [4.69, 9.17) is 11.5 Å². The minimum absolute atomic E-state index is 0.196. The third-order valence-corrected chi connectivity index (χ3v) is 4.70. The number of alkyl halides is 3. The van der Waals surface area contributed by atoms with Gasteiger partial charge in [0.15, 0.2) is 6.17 Å². The predicted octanol–water partition coefficient (Wildman–Crippen LogP) is 4.56. The zero-order valence-electron chi connectivity index (χ0n) is 15.7. The SMILES string of the molecule is NC(=NC1N=C(c2cccc(C(F)(F)F)c2)Nc2ccccc21)c1ccccc1N. The number of nitrogen functional groups attached to an aromatic ring is 1. The quantitative estimate of drug-likeness (QED) is 0.336. The van der Waals surface area contributed by atoms with Crippen LogP contribution in [0.25, 0.3) is 0 Å². The van der Waals surface area contributed by atoms with Crippen molar-refractivity contribution in [2.24, 2.45) is 15.7 Å². The van der Waals surface area contributed by atoms with Crippen LogP contribution in [0.15, 0.2) is 82.8 Å². The van der Waals surface area contributed by atoms with E-state index in [-0.39, 0.29) is 11.7 Å². The Morgan fingerprint density at radius 1 is 0.967 bits per heavy atom. The van der Waals surface area contributed by atoms with Crippen LogP contribution < -0.4 is 16.8 Å². The Morgan fingerprint density at radius 3 is 2.47 bits per heavy atom. The van der Waals surface area contributed by atoms with Gasteiger partial charge in [-0.1, -0.05) is 42.5 Å². The van der Waals surface area contributed by atoms with E-state index >= 15 is 0 Å². The third-order valence-electron chi connectivity index (χ3n) is 4.70. The van der Waals surface area contributed by atoms with Crippen molar-refractivity contribution in [2.75, 3.05) is 11.1 Å². The van der Waals surface area contributed by atoms with Crippen molar-refractivity contribution >= 4 is 23.0 Å². The molecule has 3 aromatic rings. The number of nitrogens with zero attached hydrogens (tertiary/aromatic N) is 2. The maximum Gasteiger partial charge on any atom is 0.416 e. The standard InChI is InChI=1S/C22H18F3N5/c23-22(24,25)14-7-5-6-13(12-14)20-28-18-11-4-2-9-16(18)21(30-20)29-19(27)15-8-1-3-10-17(15)26/h1-12,21H,26H2,(H2,27,29)(H,28,30). The monoisotopic (exact) mass is 409 g/mol. The first-order valence-corrected chi connectivity index (χ1v) is 9.12. The van der Waals surface area contributed by atoms with Crippen molar-refractivity contribution in [3.8, 4) is 0 Å². The van der Waals surface area contributed by atoms with E-state index in [0.29, 0.717) is 22.5 Å². The van der Waals surface area contributed by atoms with Gasteiger partial charge in [-0.2, -0.15) is 13.2 Å². The normalized spacial score (nSPS) is 16.4. The minimum Gasteiger partial charge on any atom is -0.398 e. The Kier molecular flexibility index (Phi) is 4.91. The Balaban J connectivity index is 1.79. The zero-order valence-corrected chi connectivity index (χ0v) is 15.7. The lowest BCUT2D eigenvalue weighted by molar-refractivity contribution is -0.137. The van der Waals surface area contributed by atoms with E-state index in [0.717, 1.165) is 17.7 Å². The highest BCUT2D eigenvalue weighted by atomic mass is 19.4. The van der Waals surface area contributed by atoms with Crippen molar-refractivity contribution in [1.29, 1.82) is 0 Å². The van der Waals surface area contributed by atoms with Gasteiger partial charge in [0.1, 0.15) is 11.7 Å². The molecular weight excluding hydrogens is 391 g/mol. The van der Waals surface area contributed by atoms with E-state index in [1.165, 1.54) is 6.07 Å². The first-order valence-electron chi connectivity index (χ1n) is 9.12. The number of rotatable bonds is 3. The second-order valence-corrected chi connectivity index (χ2v) is 6.74. The van der Waals surface area contributed by atoms with Crippen LogP contribution in [-0.2, 0) is 6.18 Å². The number of aliphatic imine (C=N–C) groups is 2. The van der Waals surface area contributed by atoms with Crippen LogP contribution in [0, 0.1) is 0 Å². The van der Waals surface area contributed by atoms with Crippen LogP contribution in [0.1, 0.15) is 28.4 Å². The largest absolute Gasteiger partial charge is 0.416 e. The highest BCUT2D eigenvalue weighted by Gasteiger charge is 2.31. The molecule has 4 rings (SSSR count). The van der Waals surface area contributed by atoms with Crippen molar-refractivity contribution in [2.45, 2.75) is 12.3 Å². The molecule has 1 heterocycles. The fourth-order valence-electron chi connectivity index (χ4n) is 3.21. The van der Waals surface area contributed by atoms with Crippen molar-refractivity contribution in [1.82, 2.24) is 0 Å². The van der Waals surface area contributed by atoms with E-state index in [2.05, 4.69) is 15.3 Å². The van der Waals surface area contributed by atoms with Crippen LogP contribution in [0.5, 0.6) is 0 Å². The van der Waals surface area contributed by atoms with E-state index in [1.807, 2.05) is 24.3 Å². The summed E-state index contributed by atoms with van der Waals surface area (Å²) in [6.45, 7) is 0. The number of halogens is 3. The number of hydrogen-bond donors (Lipinski definition) is 3. The molecule has 0 bridgehead atoms. The average molecular weight is 409 g/mol. The molecule has 0 saturated carbocycles. The first kappa shape index (κ1) is 19.5. The summed E-state index contributed by atoms with van der Waals surface area (Å²) >= 11 is 0.